The predicted molar refractivity (Wildman–Crippen MR) is 77.9 cm³/mol. The third kappa shape index (κ3) is 3.53. The fourth-order valence-electron chi connectivity index (χ4n) is 2.39. The minimum atomic E-state index is -4.40. The zero-order chi connectivity index (χ0) is 14.8. The number of hydrogen-bond donors (Lipinski definition) is 2. The van der Waals surface area contributed by atoms with Crippen molar-refractivity contribution in [3.63, 3.8) is 0 Å². The van der Waals surface area contributed by atoms with Gasteiger partial charge in [0.2, 0.25) is 0 Å². The summed E-state index contributed by atoms with van der Waals surface area (Å²) in [5.41, 5.74) is 5.12. The summed E-state index contributed by atoms with van der Waals surface area (Å²) in [4.78, 5) is 1.79. The fraction of sp³-hybridized carbons (Fsp3) is 0.462. The standard InChI is InChI=1S/C13H16F3N3S/c14-13(15,16)10-8-9(18-12(17)20)4-5-11(10)19-6-2-1-3-7-19/h4-5,8H,1-3,6-7H2,(H3,17,18,20). The first-order valence-electron chi connectivity index (χ1n) is 6.40. The number of nitrogens with one attached hydrogen (secondary N) is 1. The largest absolute Gasteiger partial charge is 0.418 e. The summed E-state index contributed by atoms with van der Waals surface area (Å²) in [6.45, 7) is 1.32. The SMILES string of the molecule is NC(=S)Nc1ccc(N2CCCCC2)c(C(F)(F)F)c1. The van der Waals surface area contributed by atoms with E-state index >= 15 is 0 Å². The Kier molecular flexibility index (Phi) is 4.37. The van der Waals surface area contributed by atoms with E-state index in [1.807, 2.05) is 0 Å². The van der Waals surface area contributed by atoms with Gasteiger partial charge in [0.15, 0.2) is 5.11 Å². The second kappa shape index (κ2) is 5.87. The van der Waals surface area contributed by atoms with Gasteiger partial charge in [-0.05, 0) is 49.7 Å². The van der Waals surface area contributed by atoms with Crippen LogP contribution >= 0.6 is 12.2 Å². The Bertz CT molecular complexity index is 496. The highest BCUT2D eigenvalue weighted by molar-refractivity contribution is 7.80. The molecule has 3 nitrogen and oxygen atoms in total. The summed E-state index contributed by atoms with van der Waals surface area (Å²) < 4.78 is 39.6. The summed E-state index contributed by atoms with van der Waals surface area (Å²) in [7, 11) is 0. The van der Waals surface area contributed by atoms with Crippen molar-refractivity contribution in [1.82, 2.24) is 0 Å². The maximum absolute atomic E-state index is 13.2. The number of rotatable bonds is 2. The minimum Gasteiger partial charge on any atom is -0.376 e. The lowest BCUT2D eigenvalue weighted by Crippen LogP contribution is -2.31. The number of thiocarbonyl (C=S) groups is 1. The van der Waals surface area contributed by atoms with Crippen LogP contribution in [0.1, 0.15) is 24.8 Å². The Morgan fingerprint density at radius 2 is 1.85 bits per heavy atom. The van der Waals surface area contributed by atoms with Gasteiger partial charge in [-0.1, -0.05) is 0 Å². The highest BCUT2D eigenvalue weighted by Gasteiger charge is 2.35. The molecule has 0 bridgehead atoms. The zero-order valence-electron chi connectivity index (χ0n) is 10.8. The van der Waals surface area contributed by atoms with E-state index in [1.165, 1.54) is 6.07 Å². The third-order valence-corrected chi connectivity index (χ3v) is 3.37. The van der Waals surface area contributed by atoms with E-state index in [0.717, 1.165) is 25.3 Å². The van der Waals surface area contributed by atoms with Gasteiger partial charge in [-0.3, -0.25) is 0 Å². The molecule has 1 aromatic rings. The molecule has 0 unspecified atom stereocenters. The second-order valence-corrected chi connectivity index (χ2v) is 5.21. The Labute approximate surface area is 120 Å². The molecule has 0 saturated carbocycles. The summed E-state index contributed by atoms with van der Waals surface area (Å²) in [5, 5.41) is 2.49. The quantitative estimate of drug-likeness (QED) is 0.822. The van der Waals surface area contributed by atoms with Gasteiger partial charge in [0.25, 0.3) is 0 Å². The Morgan fingerprint density at radius 3 is 2.40 bits per heavy atom. The van der Waals surface area contributed by atoms with Crippen LogP contribution in [-0.2, 0) is 6.18 Å². The van der Waals surface area contributed by atoms with Crippen molar-refractivity contribution in [1.29, 1.82) is 0 Å². The molecule has 0 spiro atoms. The molecule has 0 atom stereocenters. The van der Waals surface area contributed by atoms with Crippen LogP contribution in [0.4, 0.5) is 24.5 Å². The Morgan fingerprint density at radius 1 is 1.20 bits per heavy atom. The van der Waals surface area contributed by atoms with E-state index in [4.69, 9.17) is 5.73 Å². The van der Waals surface area contributed by atoms with E-state index in [1.54, 1.807) is 11.0 Å². The molecular weight excluding hydrogens is 287 g/mol. The second-order valence-electron chi connectivity index (χ2n) is 4.77. The molecule has 7 heteroatoms. The zero-order valence-corrected chi connectivity index (χ0v) is 11.7. The molecule has 1 aromatic carbocycles. The average Bonchev–Trinajstić information content (AvgIpc) is 2.38. The molecule has 1 aliphatic heterocycles. The van der Waals surface area contributed by atoms with Crippen LogP contribution in [0.25, 0.3) is 0 Å². The molecule has 1 saturated heterocycles. The monoisotopic (exact) mass is 303 g/mol. The lowest BCUT2D eigenvalue weighted by Gasteiger charge is -2.31. The molecule has 2 rings (SSSR count). The van der Waals surface area contributed by atoms with Crippen LogP contribution in [0.15, 0.2) is 18.2 Å². The van der Waals surface area contributed by atoms with E-state index in [-0.39, 0.29) is 16.5 Å². The Hall–Kier alpha value is -1.50. The number of benzene rings is 1. The molecule has 3 N–H and O–H groups in total. The van der Waals surface area contributed by atoms with Crippen molar-refractivity contribution >= 4 is 28.7 Å². The Balaban J connectivity index is 2.37. The van der Waals surface area contributed by atoms with Gasteiger partial charge in [-0.25, -0.2) is 0 Å². The van der Waals surface area contributed by atoms with Crippen molar-refractivity contribution < 1.29 is 13.2 Å². The van der Waals surface area contributed by atoms with Gasteiger partial charge in [0.1, 0.15) is 0 Å². The number of nitrogens with zero attached hydrogens (tertiary/aromatic N) is 1. The number of nitrogens with two attached hydrogens (primary N) is 1. The van der Waals surface area contributed by atoms with Gasteiger partial charge in [0.05, 0.1) is 5.56 Å². The van der Waals surface area contributed by atoms with E-state index in [0.29, 0.717) is 13.1 Å². The molecular formula is C13H16F3N3S. The van der Waals surface area contributed by atoms with Gasteiger partial charge in [0, 0.05) is 24.5 Å². The summed E-state index contributed by atoms with van der Waals surface area (Å²) in [6.07, 6.45) is -1.49. The molecule has 1 fully saturated rings. The van der Waals surface area contributed by atoms with Crippen LogP contribution in [0, 0.1) is 0 Å². The molecule has 110 valence electrons. The van der Waals surface area contributed by atoms with Crippen molar-refractivity contribution in [2.24, 2.45) is 5.73 Å². The highest BCUT2D eigenvalue weighted by atomic mass is 32.1. The van der Waals surface area contributed by atoms with Crippen LogP contribution in [0.5, 0.6) is 0 Å². The molecule has 1 aliphatic rings. The molecule has 1 heterocycles. The molecule has 0 aliphatic carbocycles. The van der Waals surface area contributed by atoms with Crippen molar-refractivity contribution in [2.75, 3.05) is 23.3 Å². The first kappa shape index (κ1) is 14.9. The van der Waals surface area contributed by atoms with Gasteiger partial charge in [-0.15, -0.1) is 0 Å². The maximum Gasteiger partial charge on any atom is 0.418 e. The van der Waals surface area contributed by atoms with Gasteiger partial charge in [-0.2, -0.15) is 13.2 Å². The van der Waals surface area contributed by atoms with Crippen LogP contribution in [-0.4, -0.2) is 18.2 Å². The molecule has 0 aromatic heterocycles. The van der Waals surface area contributed by atoms with E-state index in [9.17, 15) is 13.2 Å². The fourth-order valence-corrected chi connectivity index (χ4v) is 2.51. The van der Waals surface area contributed by atoms with Crippen LogP contribution < -0.4 is 16.0 Å². The summed E-state index contributed by atoms with van der Waals surface area (Å²) in [6, 6.07) is 4.11. The van der Waals surface area contributed by atoms with Crippen LogP contribution in [0.3, 0.4) is 0 Å². The summed E-state index contributed by atoms with van der Waals surface area (Å²) >= 11 is 4.65. The van der Waals surface area contributed by atoms with Crippen molar-refractivity contribution in [3.8, 4) is 0 Å². The van der Waals surface area contributed by atoms with E-state index < -0.39 is 11.7 Å². The molecule has 0 amide bonds. The maximum atomic E-state index is 13.2. The first-order chi connectivity index (χ1) is 9.38. The number of hydrogen-bond acceptors (Lipinski definition) is 2. The number of halogens is 3. The van der Waals surface area contributed by atoms with Crippen LogP contribution in [0.2, 0.25) is 0 Å². The summed E-state index contributed by atoms with van der Waals surface area (Å²) in [5.74, 6) is 0. The minimum absolute atomic E-state index is 0.0520. The number of anilines is 2. The number of alkyl halides is 3. The smallest absolute Gasteiger partial charge is 0.376 e. The number of piperidine rings is 1. The average molecular weight is 303 g/mol. The normalized spacial score (nSPS) is 16.1. The molecule has 0 radical (unpaired) electrons. The van der Waals surface area contributed by atoms with Gasteiger partial charge >= 0.3 is 6.18 Å². The first-order valence-corrected chi connectivity index (χ1v) is 6.81. The lowest BCUT2D eigenvalue weighted by atomic mass is 10.1. The lowest BCUT2D eigenvalue weighted by molar-refractivity contribution is -0.137. The van der Waals surface area contributed by atoms with E-state index in [2.05, 4.69) is 17.5 Å². The molecule has 20 heavy (non-hydrogen) atoms. The van der Waals surface area contributed by atoms with Crippen molar-refractivity contribution in [3.05, 3.63) is 23.8 Å². The topological polar surface area (TPSA) is 41.3 Å². The predicted octanol–water partition coefficient (Wildman–Crippen LogP) is 3.35. The third-order valence-electron chi connectivity index (χ3n) is 3.27. The van der Waals surface area contributed by atoms with Gasteiger partial charge < -0.3 is 16.0 Å². The highest BCUT2D eigenvalue weighted by Crippen LogP contribution is 2.39. The van der Waals surface area contributed by atoms with Crippen molar-refractivity contribution in [2.45, 2.75) is 25.4 Å².